The van der Waals surface area contributed by atoms with E-state index in [2.05, 4.69) is 16.0 Å². The number of amides is 3. The lowest BCUT2D eigenvalue weighted by Crippen LogP contribution is -2.61. The van der Waals surface area contributed by atoms with Gasteiger partial charge in [-0.05, 0) is 51.5 Å². The average molecular weight is 441 g/mol. The molecule has 29 heavy (non-hydrogen) atoms. The Bertz CT molecular complexity index is 766. The third-order valence-corrected chi connectivity index (χ3v) is 4.68. The maximum absolute atomic E-state index is 12.4. The van der Waals surface area contributed by atoms with Crippen LogP contribution in [0.25, 0.3) is 0 Å². The van der Waals surface area contributed by atoms with Gasteiger partial charge in [0.05, 0.1) is 12.1 Å². The number of alkyl carbamates (subject to hydrolysis) is 1. The molecule has 3 N–H and O–H groups in total. The van der Waals surface area contributed by atoms with Crippen molar-refractivity contribution < 1.29 is 19.1 Å². The Labute approximate surface area is 180 Å². The molecule has 2 atom stereocenters. The molecular formula is C19H25ClN4O4S. The molecule has 1 fully saturated rings. The molecule has 3 amide bonds. The molecule has 1 aliphatic rings. The molecule has 1 aromatic rings. The number of benzene rings is 1. The molecule has 0 unspecified atom stereocenters. The summed E-state index contributed by atoms with van der Waals surface area (Å²) in [6.07, 6.45) is 0.637. The van der Waals surface area contributed by atoms with Gasteiger partial charge in [-0.25, -0.2) is 4.79 Å². The number of hydrogen-bond donors (Lipinski definition) is 3. The molecule has 1 aromatic carbocycles. The summed E-state index contributed by atoms with van der Waals surface area (Å²) in [5.41, 5.74) is -0.0949. The van der Waals surface area contributed by atoms with Gasteiger partial charge in [0.15, 0.2) is 4.99 Å². The Balaban J connectivity index is 1.99. The number of nitrogens with one attached hydrogen (secondary N) is 3. The van der Waals surface area contributed by atoms with Crippen LogP contribution in [0.15, 0.2) is 24.3 Å². The van der Waals surface area contributed by atoms with E-state index in [1.54, 1.807) is 49.9 Å². The number of thiocarbonyl (C=S) groups is 1. The van der Waals surface area contributed by atoms with Gasteiger partial charge in [-0.15, -0.1) is 0 Å². The Morgan fingerprint density at radius 2 is 1.86 bits per heavy atom. The number of ether oxygens (including phenoxy) is 1. The van der Waals surface area contributed by atoms with Crippen LogP contribution in [0.4, 0.5) is 10.5 Å². The van der Waals surface area contributed by atoms with Gasteiger partial charge < -0.3 is 25.6 Å². The highest BCUT2D eigenvalue weighted by atomic mass is 35.5. The maximum Gasteiger partial charge on any atom is 0.408 e. The lowest BCUT2D eigenvalue weighted by atomic mass is 9.99. The van der Waals surface area contributed by atoms with Crippen molar-refractivity contribution in [2.24, 2.45) is 0 Å². The van der Waals surface area contributed by atoms with E-state index in [0.29, 0.717) is 23.7 Å². The molecule has 0 radical (unpaired) electrons. The van der Waals surface area contributed by atoms with Crippen LogP contribution in [0.3, 0.4) is 0 Å². The van der Waals surface area contributed by atoms with Gasteiger partial charge in [-0.1, -0.05) is 23.8 Å². The summed E-state index contributed by atoms with van der Waals surface area (Å²) < 4.78 is 5.29. The minimum absolute atomic E-state index is 0.0134. The van der Waals surface area contributed by atoms with Gasteiger partial charge in [0.2, 0.25) is 6.41 Å². The standard InChI is InChI=1S/C19H25ClN4O4S/c1-19(2,3)28-18(27)23-15-10-24(11-25)9-8-14(15)22-17(29)16(26)21-13-6-4-12(20)5-7-13/h4-7,11,14-15H,8-10H2,1-3H3,(H,21,26)(H,22,29)(H,23,27)/t14-,15+/m0/s1. The van der Waals surface area contributed by atoms with E-state index in [-0.39, 0.29) is 17.6 Å². The second-order valence-corrected chi connectivity index (χ2v) is 8.53. The predicted molar refractivity (Wildman–Crippen MR) is 115 cm³/mol. The summed E-state index contributed by atoms with van der Waals surface area (Å²) in [7, 11) is 0. The zero-order valence-electron chi connectivity index (χ0n) is 16.5. The van der Waals surface area contributed by atoms with Crippen LogP contribution >= 0.6 is 23.8 Å². The molecule has 8 nitrogen and oxygen atoms in total. The number of carbonyl (C=O) groups excluding carboxylic acids is 3. The quantitative estimate of drug-likeness (QED) is 0.490. The summed E-state index contributed by atoms with van der Waals surface area (Å²) in [4.78, 5) is 37.2. The Morgan fingerprint density at radius 1 is 1.21 bits per heavy atom. The zero-order chi connectivity index (χ0) is 21.6. The lowest BCUT2D eigenvalue weighted by Gasteiger charge is -2.38. The number of piperidine rings is 1. The van der Waals surface area contributed by atoms with E-state index in [1.807, 2.05) is 0 Å². The van der Waals surface area contributed by atoms with E-state index < -0.39 is 23.6 Å². The van der Waals surface area contributed by atoms with Gasteiger partial charge >= 0.3 is 6.09 Å². The number of rotatable bonds is 4. The number of nitrogens with zero attached hydrogens (tertiary/aromatic N) is 1. The van der Waals surface area contributed by atoms with Crippen molar-refractivity contribution in [3.05, 3.63) is 29.3 Å². The molecule has 1 heterocycles. The number of carbonyl (C=O) groups is 3. The molecule has 0 spiro atoms. The van der Waals surface area contributed by atoms with Crippen molar-refractivity contribution in [2.45, 2.75) is 44.9 Å². The number of likely N-dealkylation sites (tertiary alicyclic amines) is 1. The second-order valence-electron chi connectivity index (χ2n) is 7.68. The van der Waals surface area contributed by atoms with Gasteiger partial charge in [-0.3, -0.25) is 9.59 Å². The van der Waals surface area contributed by atoms with Gasteiger partial charge in [0.1, 0.15) is 5.60 Å². The first kappa shape index (κ1) is 22.9. The highest BCUT2D eigenvalue weighted by Crippen LogP contribution is 2.15. The highest BCUT2D eigenvalue weighted by Gasteiger charge is 2.32. The topological polar surface area (TPSA) is 99.8 Å². The van der Waals surface area contributed by atoms with Crippen molar-refractivity contribution in [1.29, 1.82) is 0 Å². The molecule has 2 rings (SSSR count). The Morgan fingerprint density at radius 3 is 2.45 bits per heavy atom. The van der Waals surface area contributed by atoms with Crippen LogP contribution in [0, 0.1) is 0 Å². The molecule has 0 saturated carbocycles. The summed E-state index contributed by atoms with van der Waals surface area (Å²) in [6, 6.07) is 5.84. The van der Waals surface area contributed by atoms with Crippen molar-refractivity contribution in [3.8, 4) is 0 Å². The smallest absolute Gasteiger partial charge is 0.408 e. The minimum atomic E-state index is -0.653. The zero-order valence-corrected chi connectivity index (χ0v) is 18.1. The van der Waals surface area contributed by atoms with Crippen LogP contribution in [-0.4, -0.2) is 59.1 Å². The molecule has 158 valence electrons. The average Bonchev–Trinajstić information content (AvgIpc) is 2.63. The SMILES string of the molecule is CC(C)(C)OC(=O)N[C@@H]1CN(C=O)CC[C@@H]1NC(=S)C(=O)Nc1ccc(Cl)cc1. The Hall–Kier alpha value is -2.39. The van der Waals surface area contributed by atoms with E-state index in [0.717, 1.165) is 6.41 Å². The molecule has 1 saturated heterocycles. The van der Waals surface area contributed by atoms with Crippen LogP contribution in [0.2, 0.25) is 5.02 Å². The number of halogens is 1. The molecule has 0 aromatic heterocycles. The fourth-order valence-electron chi connectivity index (χ4n) is 2.81. The largest absolute Gasteiger partial charge is 0.444 e. The van der Waals surface area contributed by atoms with Crippen molar-refractivity contribution in [1.82, 2.24) is 15.5 Å². The highest BCUT2D eigenvalue weighted by molar-refractivity contribution is 7.82. The first-order chi connectivity index (χ1) is 13.6. The number of hydrogen-bond acceptors (Lipinski definition) is 5. The summed E-state index contributed by atoms with van der Waals surface area (Å²) in [5, 5.41) is 9.00. The van der Waals surface area contributed by atoms with Crippen molar-refractivity contribution in [3.63, 3.8) is 0 Å². The molecular weight excluding hydrogens is 416 g/mol. The fourth-order valence-corrected chi connectivity index (χ4v) is 3.13. The molecule has 0 aliphatic carbocycles. The van der Waals surface area contributed by atoms with E-state index >= 15 is 0 Å². The number of anilines is 1. The van der Waals surface area contributed by atoms with Gasteiger partial charge in [0, 0.05) is 23.8 Å². The third-order valence-electron chi connectivity index (χ3n) is 4.12. The normalized spacial score (nSPS) is 19.1. The van der Waals surface area contributed by atoms with Crippen molar-refractivity contribution in [2.75, 3.05) is 18.4 Å². The van der Waals surface area contributed by atoms with Crippen molar-refractivity contribution >= 4 is 52.9 Å². The van der Waals surface area contributed by atoms with Gasteiger partial charge in [-0.2, -0.15) is 0 Å². The lowest BCUT2D eigenvalue weighted by molar-refractivity contribution is -0.119. The first-order valence-electron chi connectivity index (χ1n) is 9.13. The second kappa shape index (κ2) is 9.89. The summed E-state index contributed by atoms with van der Waals surface area (Å²) >= 11 is 11.1. The van der Waals surface area contributed by atoms with Crippen LogP contribution in [0.5, 0.6) is 0 Å². The Kier molecular flexibility index (Phi) is 7.80. The monoisotopic (exact) mass is 440 g/mol. The maximum atomic E-state index is 12.4. The third kappa shape index (κ3) is 7.51. The van der Waals surface area contributed by atoms with E-state index in [4.69, 9.17) is 28.6 Å². The van der Waals surface area contributed by atoms with Crippen LogP contribution in [0.1, 0.15) is 27.2 Å². The summed E-state index contributed by atoms with van der Waals surface area (Å²) in [6.45, 7) is 6.04. The fraction of sp³-hybridized carbons (Fsp3) is 0.474. The van der Waals surface area contributed by atoms with Gasteiger partial charge in [0.25, 0.3) is 5.91 Å². The predicted octanol–water partition coefficient (Wildman–Crippen LogP) is 2.32. The summed E-state index contributed by atoms with van der Waals surface area (Å²) in [5.74, 6) is -0.476. The molecule has 0 bridgehead atoms. The van der Waals surface area contributed by atoms with Crippen LogP contribution < -0.4 is 16.0 Å². The molecule has 10 heteroatoms. The molecule has 1 aliphatic heterocycles. The van der Waals surface area contributed by atoms with Crippen LogP contribution in [-0.2, 0) is 14.3 Å². The minimum Gasteiger partial charge on any atom is -0.444 e. The van der Waals surface area contributed by atoms with E-state index in [1.165, 1.54) is 0 Å². The van der Waals surface area contributed by atoms with E-state index in [9.17, 15) is 14.4 Å². The first-order valence-corrected chi connectivity index (χ1v) is 9.92.